The molecule has 2 atom stereocenters. The normalized spacial score (nSPS) is 19.4. The van der Waals surface area contributed by atoms with E-state index >= 15 is 0 Å². The van der Waals surface area contributed by atoms with Gasteiger partial charge in [-0.3, -0.25) is 0 Å². The van der Waals surface area contributed by atoms with Crippen LogP contribution in [0.1, 0.15) is 37.3 Å². The number of allylic oxidation sites excluding steroid dienone is 3. The van der Waals surface area contributed by atoms with Crippen LogP contribution in [0.5, 0.6) is 0 Å². The highest BCUT2D eigenvalue weighted by atomic mass is 35.5. The number of pyridine rings is 1. The molecular formula is C18H23ClN2O2. The molecule has 1 aromatic heterocycles. The summed E-state index contributed by atoms with van der Waals surface area (Å²) >= 11 is 6.05. The smallest absolute Gasteiger partial charge is 0.333 e. The van der Waals surface area contributed by atoms with Crippen molar-refractivity contribution < 1.29 is 9.53 Å². The Labute approximate surface area is 142 Å². The van der Waals surface area contributed by atoms with Gasteiger partial charge in [-0.15, -0.1) is 0 Å². The molecule has 4 nitrogen and oxygen atoms in total. The Hall–Kier alpha value is -1.65. The SMILES string of the molecule is COC(=O)C1=CC(c2cc(Cl)ncc2C)=CC(C[C@H](C)N)CC1. The molecule has 1 aliphatic rings. The van der Waals surface area contributed by atoms with E-state index in [1.807, 2.05) is 26.0 Å². The summed E-state index contributed by atoms with van der Waals surface area (Å²) in [5.74, 6) is 0.0323. The van der Waals surface area contributed by atoms with Crippen molar-refractivity contribution in [3.8, 4) is 0 Å². The molecule has 124 valence electrons. The summed E-state index contributed by atoms with van der Waals surface area (Å²) in [6.45, 7) is 3.98. The standard InChI is InChI=1S/C18H23ClN2O2/c1-11-10-21-17(19)9-16(11)15-7-13(6-12(2)20)4-5-14(8-15)18(22)23-3/h7-10,12-13H,4-6,20H2,1-3H3/t12-,13?/m0/s1. The van der Waals surface area contributed by atoms with E-state index in [2.05, 4.69) is 11.1 Å². The first-order valence-electron chi connectivity index (χ1n) is 7.79. The summed E-state index contributed by atoms with van der Waals surface area (Å²) in [4.78, 5) is 16.1. The van der Waals surface area contributed by atoms with E-state index in [9.17, 15) is 4.79 Å². The summed E-state index contributed by atoms with van der Waals surface area (Å²) in [5.41, 5.74) is 9.63. The molecule has 23 heavy (non-hydrogen) atoms. The number of hydrogen-bond donors (Lipinski definition) is 1. The molecule has 1 aromatic rings. The van der Waals surface area contributed by atoms with Crippen LogP contribution in [0.15, 0.2) is 30.0 Å². The summed E-state index contributed by atoms with van der Waals surface area (Å²) in [6.07, 6.45) is 8.29. The van der Waals surface area contributed by atoms with E-state index in [0.29, 0.717) is 23.1 Å². The maximum Gasteiger partial charge on any atom is 0.333 e. The second kappa shape index (κ2) is 7.75. The first kappa shape index (κ1) is 17.7. The van der Waals surface area contributed by atoms with E-state index < -0.39 is 0 Å². The number of nitrogens with two attached hydrogens (primary N) is 1. The zero-order chi connectivity index (χ0) is 17.0. The predicted molar refractivity (Wildman–Crippen MR) is 93.1 cm³/mol. The topological polar surface area (TPSA) is 65.2 Å². The van der Waals surface area contributed by atoms with Crippen LogP contribution in [0.2, 0.25) is 5.15 Å². The number of aryl methyl sites for hydroxylation is 1. The number of halogens is 1. The maximum atomic E-state index is 12.0. The number of hydrogen-bond acceptors (Lipinski definition) is 4. The number of nitrogens with zero attached hydrogens (tertiary/aromatic N) is 1. The van der Waals surface area contributed by atoms with Crippen molar-refractivity contribution in [2.75, 3.05) is 7.11 Å². The molecule has 0 saturated carbocycles. The van der Waals surface area contributed by atoms with Gasteiger partial charge in [0.05, 0.1) is 7.11 Å². The lowest BCUT2D eigenvalue weighted by atomic mass is 9.93. The van der Waals surface area contributed by atoms with Crippen LogP contribution in [0.4, 0.5) is 0 Å². The van der Waals surface area contributed by atoms with Crippen molar-refractivity contribution >= 4 is 23.1 Å². The first-order valence-corrected chi connectivity index (χ1v) is 8.17. The minimum Gasteiger partial charge on any atom is -0.466 e. The molecule has 0 saturated heterocycles. The quantitative estimate of drug-likeness (QED) is 0.674. The average molecular weight is 335 g/mol. The lowest BCUT2D eigenvalue weighted by molar-refractivity contribution is -0.136. The van der Waals surface area contributed by atoms with Crippen LogP contribution in [0.25, 0.3) is 5.57 Å². The van der Waals surface area contributed by atoms with Crippen molar-refractivity contribution in [3.63, 3.8) is 0 Å². The fourth-order valence-electron chi connectivity index (χ4n) is 2.92. The van der Waals surface area contributed by atoms with Gasteiger partial charge in [0.15, 0.2) is 0 Å². The van der Waals surface area contributed by atoms with Gasteiger partial charge >= 0.3 is 5.97 Å². The highest BCUT2D eigenvalue weighted by Crippen LogP contribution is 2.32. The van der Waals surface area contributed by atoms with Crippen molar-refractivity contribution in [2.24, 2.45) is 11.7 Å². The lowest BCUT2D eigenvalue weighted by Crippen LogP contribution is -2.19. The number of esters is 1. The molecule has 0 aliphatic heterocycles. The number of ether oxygens (including phenoxy) is 1. The minimum atomic E-state index is -0.282. The maximum absolute atomic E-state index is 12.0. The number of rotatable bonds is 4. The Morgan fingerprint density at radius 1 is 1.57 bits per heavy atom. The minimum absolute atomic E-state index is 0.110. The fraction of sp³-hybridized carbons (Fsp3) is 0.444. The number of aromatic nitrogens is 1. The van der Waals surface area contributed by atoms with Gasteiger partial charge < -0.3 is 10.5 Å². The van der Waals surface area contributed by atoms with Crippen LogP contribution in [0.3, 0.4) is 0 Å². The molecule has 2 rings (SSSR count). The number of carbonyl (C=O) groups excluding carboxylic acids is 1. The average Bonchev–Trinajstić information content (AvgIpc) is 2.71. The molecule has 1 aliphatic carbocycles. The molecule has 0 aromatic carbocycles. The molecule has 2 N–H and O–H groups in total. The monoisotopic (exact) mass is 334 g/mol. The Kier molecular flexibility index (Phi) is 5.97. The molecule has 1 unspecified atom stereocenters. The van der Waals surface area contributed by atoms with E-state index in [1.165, 1.54) is 7.11 Å². The molecule has 5 heteroatoms. The molecular weight excluding hydrogens is 312 g/mol. The lowest BCUT2D eigenvalue weighted by Gasteiger charge is -2.15. The van der Waals surface area contributed by atoms with Gasteiger partial charge in [-0.05, 0) is 67.9 Å². The van der Waals surface area contributed by atoms with Crippen LogP contribution in [0, 0.1) is 12.8 Å². The third-order valence-corrected chi connectivity index (χ3v) is 4.24. The second-order valence-corrected chi connectivity index (χ2v) is 6.50. The van der Waals surface area contributed by atoms with Gasteiger partial charge in [0.1, 0.15) is 5.15 Å². The second-order valence-electron chi connectivity index (χ2n) is 6.12. The number of carbonyl (C=O) groups is 1. The third-order valence-electron chi connectivity index (χ3n) is 4.03. The van der Waals surface area contributed by atoms with Crippen molar-refractivity contribution in [3.05, 3.63) is 46.3 Å². The Balaban J connectivity index is 2.47. The molecule has 0 radical (unpaired) electrons. The van der Waals surface area contributed by atoms with Gasteiger partial charge in [-0.1, -0.05) is 17.7 Å². The van der Waals surface area contributed by atoms with Crippen LogP contribution < -0.4 is 5.73 Å². The summed E-state index contributed by atoms with van der Waals surface area (Å²) < 4.78 is 4.90. The molecule has 0 spiro atoms. The van der Waals surface area contributed by atoms with Gasteiger partial charge in [-0.25, -0.2) is 9.78 Å². The summed E-state index contributed by atoms with van der Waals surface area (Å²) in [5, 5.41) is 0.438. The van der Waals surface area contributed by atoms with Crippen LogP contribution in [-0.4, -0.2) is 24.1 Å². The van der Waals surface area contributed by atoms with Gasteiger partial charge in [0.25, 0.3) is 0 Å². The third kappa shape index (κ3) is 4.66. The van der Waals surface area contributed by atoms with Crippen LogP contribution >= 0.6 is 11.6 Å². The predicted octanol–water partition coefficient (Wildman–Crippen LogP) is 3.67. The molecule has 1 heterocycles. The van der Waals surface area contributed by atoms with E-state index in [1.54, 1.807) is 6.20 Å². The van der Waals surface area contributed by atoms with Gasteiger partial charge in [-0.2, -0.15) is 0 Å². The van der Waals surface area contributed by atoms with E-state index in [0.717, 1.165) is 29.5 Å². The highest BCUT2D eigenvalue weighted by molar-refractivity contribution is 6.29. The largest absolute Gasteiger partial charge is 0.466 e. The zero-order valence-corrected chi connectivity index (χ0v) is 14.6. The van der Waals surface area contributed by atoms with Crippen molar-refractivity contribution in [1.29, 1.82) is 0 Å². The van der Waals surface area contributed by atoms with E-state index in [-0.39, 0.29) is 12.0 Å². The summed E-state index contributed by atoms with van der Waals surface area (Å²) in [6, 6.07) is 1.95. The zero-order valence-electron chi connectivity index (χ0n) is 13.8. The van der Waals surface area contributed by atoms with Gasteiger partial charge in [0, 0.05) is 17.8 Å². The molecule has 0 fully saturated rings. The Morgan fingerprint density at radius 3 is 2.96 bits per heavy atom. The van der Waals surface area contributed by atoms with E-state index in [4.69, 9.17) is 22.1 Å². The number of methoxy groups -OCH3 is 1. The van der Waals surface area contributed by atoms with Gasteiger partial charge in [0.2, 0.25) is 0 Å². The Bertz CT molecular complexity index is 650. The fourth-order valence-corrected chi connectivity index (χ4v) is 3.08. The first-order chi connectivity index (χ1) is 10.9. The van der Waals surface area contributed by atoms with Crippen molar-refractivity contribution in [1.82, 2.24) is 4.98 Å². The van der Waals surface area contributed by atoms with Crippen molar-refractivity contribution in [2.45, 2.75) is 39.2 Å². The molecule has 0 amide bonds. The summed E-state index contributed by atoms with van der Waals surface area (Å²) in [7, 11) is 1.41. The highest BCUT2D eigenvalue weighted by Gasteiger charge is 2.20. The van der Waals surface area contributed by atoms with Crippen LogP contribution in [-0.2, 0) is 9.53 Å². The Morgan fingerprint density at radius 2 is 2.30 bits per heavy atom. The molecule has 0 bridgehead atoms.